The van der Waals surface area contributed by atoms with Gasteiger partial charge in [0, 0.05) is 11.1 Å². The molecule has 0 unspecified atom stereocenters. The van der Waals surface area contributed by atoms with Crippen molar-refractivity contribution in [3.8, 4) is 0 Å². The molecule has 134 valence electrons. The van der Waals surface area contributed by atoms with Crippen LogP contribution in [0, 0.1) is 19.3 Å². The third kappa shape index (κ3) is 2.31. The van der Waals surface area contributed by atoms with Crippen LogP contribution in [0.5, 0.6) is 0 Å². The van der Waals surface area contributed by atoms with Gasteiger partial charge in [0.15, 0.2) is 11.6 Å². The highest BCUT2D eigenvalue weighted by atomic mass is 16.2. The Labute approximate surface area is 155 Å². The lowest BCUT2D eigenvalue weighted by Gasteiger charge is -2.18. The summed E-state index contributed by atoms with van der Waals surface area (Å²) in [5, 5.41) is 0. The molecule has 0 saturated heterocycles. The van der Waals surface area contributed by atoms with Crippen LogP contribution in [0.15, 0.2) is 30.3 Å². The van der Waals surface area contributed by atoms with Crippen LogP contribution in [0.4, 0.5) is 0 Å². The first-order valence-electron chi connectivity index (χ1n) is 9.79. The fourth-order valence-corrected chi connectivity index (χ4v) is 4.91. The minimum atomic E-state index is -0.885. The number of fused-ring (bicyclic) bond motifs is 2. The molecule has 0 bridgehead atoms. The Kier molecular flexibility index (Phi) is 4.10. The summed E-state index contributed by atoms with van der Waals surface area (Å²) in [6.07, 6.45) is 5.88. The molecule has 2 aromatic rings. The average molecular weight is 346 g/mol. The van der Waals surface area contributed by atoms with Gasteiger partial charge in [0.25, 0.3) is 0 Å². The molecular formula is C24H26O2. The quantitative estimate of drug-likeness (QED) is 0.563. The topological polar surface area (TPSA) is 34.1 Å². The Morgan fingerprint density at radius 1 is 0.923 bits per heavy atom. The van der Waals surface area contributed by atoms with Crippen LogP contribution in [0.3, 0.4) is 0 Å². The highest BCUT2D eigenvalue weighted by Crippen LogP contribution is 2.49. The van der Waals surface area contributed by atoms with Gasteiger partial charge in [-0.25, -0.2) is 0 Å². The lowest BCUT2D eigenvalue weighted by atomic mass is 9.79. The number of aryl methyl sites for hydroxylation is 2. The Hall–Kier alpha value is -2.22. The standard InChI is InChI=1S/C24H26O2/c1-4-5-6-9-17-12-15(2)20-13-24(14-21(20)16(17)3)22(25)18-10-7-8-11-19(18)23(24)26/h7-8,10-12H,4-6,9,13-14H2,1-3H3. The third-order valence-electron chi connectivity index (χ3n) is 6.46. The summed E-state index contributed by atoms with van der Waals surface area (Å²) in [4.78, 5) is 26.4. The second kappa shape index (κ2) is 6.19. The average Bonchev–Trinajstić information content (AvgIpc) is 3.15. The predicted molar refractivity (Wildman–Crippen MR) is 104 cm³/mol. The van der Waals surface area contributed by atoms with Crippen LogP contribution in [-0.2, 0) is 19.3 Å². The van der Waals surface area contributed by atoms with Crippen LogP contribution in [-0.4, -0.2) is 11.6 Å². The molecule has 0 fully saturated rings. The number of carbonyl (C=O) groups is 2. The molecule has 0 aromatic heterocycles. The molecule has 1 spiro atoms. The lowest BCUT2D eigenvalue weighted by molar-refractivity contribution is 0.0710. The van der Waals surface area contributed by atoms with Crippen molar-refractivity contribution in [1.82, 2.24) is 0 Å². The van der Waals surface area contributed by atoms with Crippen molar-refractivity contribution >= 4 is 11.6 Å². The minimum absolute atomic E-state index is 0.0284. The maximum Gasteiger partial charge on any atom is 0.178 e. The largest absolute Gasteiger partial charge is 0.293 e. The van der Waals surface area contributed by atoms with Gasteiger partial charge in [0.1, 0.15) is 5.41 Å². The van der Waals surface area contributed by atoms with Crippen molar-refractivity contribution in [2.75, 3.05) is 0 Å². The number of ketones is 2. The van der Waals surface area contributed by atoms with Crippen molar-refractivity contribution in [3.63, 3.8) is 0 Å². The molecule has 0 heterocycles. The van der Waals surface area contributed by atoms with Gasteiger partial charge in [0.05, 0.1) is 0 Å². The van der Waals surface area contributed by atoms with E-state index < -0.39 is 5.41 Å². The summed E-state index contributed by atoms with van der Waals surface area (Å²) in [6, 6.07) is 9.62. The summed E-state index contributed by atoms with van der Waals surface area (Å²) >= 11 is 0. The summed E-state index contributed by atoms with van der Waals surface area (Å²) < 4.78 is 0. The molecule has 2 aromatic carbocycles. The van der Waals surface area contributed by atoms with E-state index >= 15 is 0 Å². The van der Waals surface area contributed by atoms with E-state index in [1.54, 1.807) is 0 Å². The number of unbranched alkanes of at least 4 members (excludes halogenated alkanes) is 2. The molecule has 0 saturated carbocycles. The van der Waals surface area contributed by atoms with E-state index in [0.29, 0.717) is 24.0 Å². The van der Waals surface area contributed by atoms with Gasteiger partial charge in [-0.3, -0.25) is 9.59 Å². The summed E-state index contributed by atoms with van der Waals surface area (Å²) in [7, 11) is 0. The van der Waals surface area contributed by atoms with Crippen molar-refractivity contribution in [2.45, 2.75) is 59.3 Å². The monoisotopic (exact) mass is 346 g/mol. The Morgan fingerprint density at radius 2 is 1.54 bits per heavy atom. The van der Waals surface area contributed by atoms with E-state index in [0.717, 1.165) is 6.42 Å². The van der Waals surface area contributed by atoms with Gasteiger partial charge in [-0.05, 0) is 67.3 Å². The molecule has 0 radical (unpaired) electrons. The third-order valence-corrected chi connectivity index (χ3v) is 6.46. The zero-order valence-electron chi connectivity index (χ0n) is 15.9. The SMILES string of the molecule is CCCCCc1cc(C)c2c(c1C)CC1(C2)C(=O)c2ccccc2C1=O. The zero-order valence-corrected chi connectivity index (χ0v) is 15.9. The molecule has 2 heteroatoms. The van der Waals surface area contributed by atoms with Crippen molar-refractivity contribution in [3.05, 3.63) is 69.3 Å². The Balaban J connectivity index is 1.74. The summed E-state index contributed by atoms with van der Waals surface area (Å²) in [6.45, 7) is 6.53. The highest BCUT2D eigenvalue weighted by Gasteiger charge is 2.56. The van der Waals surface area contributed by atoms with E-state index in [4.69, 9.17) is 0 Å². The fraction of sp³-hybridized carbons (Fsp3) is 0.417. The van der Waals surface area contributed by atoms with Crippen LogP contribution in [0.25, 0.3) is 0 Å². The summed E-state index contributed by atoms with van der Waals surface area (Å²) in [5.41, 5.74) is 6.77. The molecule has 0 atom stereocenters. The van der Waals surface area contributed by atoms with Crippen molar-refractivity contribution in [2.24, 2.45) is 5.41 Å². The second-order valence-corrected chi connectivity index (χ2v) is 8.03. The molecule has 2 nitrogen and oxygen atoms in total. The lowest BCUT2D eigenvalue weighted by Crippen LogP contribution is -2.34. The number of Topliss-reactive ketones (excluding diaryl/α,β-unsaturated/α-hetero) is 2. The number of benzene rings is 2. The molecule has 4 rings (SSSR count). The zero-order chi connectivity index (χ0) is 18.5. The van der Waals surface area contributed by atoms with E-state index in [1.165, 1.54) is 47.1 Å². The van der Waals surface area contributed by atoms with Crippen LogP contribution in [0.2, 0.25) is 0 Å². The highest BCUT2D eigenvalue weighted by molar-refractivity contribution is 6.30. The van der Waals surface area contributed by atoms with Crippen molar-refractivity contribution in [1.29, 1.82) is 0 Å². The van der Waals surface area contributed by atoms with Crippen LogP contribution >= 0.6 is 0 Å². The van der Waals surface area contributed by atoms with Gasteiger partial charge >= 0.3 is 0 Å². The first-order chi connectivity index (χ1) is 12.5. The first-order valence-corrected chi connectivity index (χ1v) is 9.79. The number of carbonyl (C=O) groups excluding carboxylic acids is 2. The molecule has 0 aliphatic heterocycles. The number of rotatable bonds is 4. The molecule has 26 heavy (non-hydrogen) atoms. The van der Waals surface area contributed by atoms with Gasteiger partial charge in [-0.2, -0.15) is 0 Å². The maximum atomic E-state index is 13.2. The first kappa shape index (κ1) is 17.2. The fourth-order valence-electron chi connectivity index (χ4n) is 4.91. The van der Waals surface area contributed by atoms with Crippen molar-refractivity contribution < 1.29 is 9.59 Å². The van der Waals surface area contributed by atoms with Gasteiger partial charge in [0.2, 0.25) is 0 Å². The maximum absolute atomic E-state index is 13.2. The number of hydrogen-bond acceptors (Lipinski definition) is 2. The van der Waals surface area contributed by atoms with E-state index in [-0.39, 0.29) is 11.6 Å². The summed E-state index contributed by atoms with van der Waals surface area (Å²) in [5.74, 6) is 0.0567. The normalized spacial score (nSPS) is 17.0. The van der Waals surface area contributed by atoms with E-state index in [1.807, 2.05) is 24.3 Å². The number of hydrogen-bond donors (Lipinski definition) is 0. The molecular weight excluding hydrogens is 320 g/mol. The Bertz CT molecular complexity index is 885. The molecule has 2 aliphatic carbocycles. The van der Waals surface area contributed by atoms with Gasteiger partial charge in [-0.15, -0.1) is 0 Å². The molecule has 0 N–H and O–H groups in total. The Morgan fingerprint density at radius 3 is 2.15 bits per heavy atom. The predicted octanol–water partition coefficient (Wildman–Crippen LogP) is 5.20. The van der Waals surface area contributed by atoms with E-state index in [2.05, 4.69) is 26.8 Å². The smallest absolute Gasteiger partial charge is 0.178 e. The molecule has 0 amide bonds. The minimum Gasteiger partial charge on any atom is -0.293 e. The van der Waals surface area contributed by atoms with Crippen LogP contribution in [0.1, 0.15) is 74.7 Å². The van der Waals surface area contributed by atoms with E-state index in [9.17, 15) is 9.59 Å². The molecule has 2 aliphatic rings. The second-order valence-electron chi connectivity index (χ2n) is 8.03. The van der Waals surface area contributed by atoms with Gasteiger partial charge < -0.3 is 0 Å². The van der Waals surface area contributed by atoms with Crippen LogP contribution < -0.4 is 0 Å². The van der Waals surface area contributed by atoms with Gasteiger partial charge in [-0.1, -0.05) is 50.1 Å².